The number of rotatable bonds is 6. The molecule has 0 amide bonds. The second-order valence-corrected chi connectivity index (χ2v) is 7.40. The standard InChI is InChI=1S/C8H16O8S2/c9-1-7-8(12)6(11)4-17(7)3-5(10)2-16-18(13,14)15/h5-12H,1-4H2/t5-,6+,7+,8-,17?/m0/s1. The molecule has 0 aliphatic carbocycles. The Morgan fingerprint density at radius 2 is 2.06 bits per heavy atom. The van der Waals surface area contributed by atoms with Gasteiger partial charge in [-0.2, -0.15) is 0 Å². The third kappa shape index (κ3) is 4.63. The van der Waals surface area contributed by atoms with Crippen LogP contribution in [0.15, 0.2) is 0 Å². The highest BCUT2D eigenvalue weighted by atomic mass is 32.3. The van der Waals surface area contributed by atoms with Crippen molar-refractivity contribution >= 4 is 21.3 Å². The SMILES string of the molecule is O=S(=O)([O-])OC[C@H](O)C[S+]1C[C@@H](O)[C@H](O)[C@H]1CO. The van der Waals surface area contributed by atoms with Crippen molar-refractivity contribution in [1.29, 1.82) is 0 Å². The molecule has 1 fully saturated rings. The third-order valence-electron chi connectivity index (χ3n) is 2.58. The summed E-state index contributed by atoms with van der Waals surface area (Å²) in [4.78, 5) is 0. The molecule has 1 unspecified atom stereocenters. The summed E-state index contributed by atoms with van der Waals surface area (Å²) in [5, 5.41) is 37.0. The van der Waals surface area contributed by atoms with E-state index in [9.17, 15) is 28.3 Å². The summed E-state index contributed by atoms with van der Waals surface area (Å²) in [7, 11) is -5.51. The fourth-order valence-electron chi connectivity index (χ4n) is 1.75. The number of hydrogen-bond acceptors (Lipinski definition) is 8. The molecule has 1 saturated heterocycles. The van der Waals surface area contributed by atoms with Crippen molar-refractivity contribution < 1.29 is 37.6 Å². The van der Waals surface area contributed by atoms with Gasteiger partial charge in [-0.3, -0.25) is 4.18 Å². The fourth-order valence-corrected chi connectivity index (χ4v) is 4.72. The van der Waals surface area contributed by atoms with E-state index in [0.29, 0.717) is 0 Å². The Morgan fingerprint density at radius 1 is 1.44 bits per heavy atom. The van der Waals surface area contributed by atoms with Crippen molar-refractivity contribution in [3.8, 4) is 0 Å². The Bertz CT molecular complexity index is 358. The largest absolute Gasteiger partial charge is 0.726 e. The zero-order chi connectivity index (χ0) is 13.9. The Hall–Kier alpha value is 0.0600. The number of hydrogen-bond donors (Lipinski definition) is 4. The van der Waals surface area contributed by atoms with Crippen molar-refractivity contribution in [2.75, 3.05) is 24.7 Å². The molecular formula is C8H16O8S2. The molecule has 10 heteroatoms. The van der Waals surface area contributed by atoms with Gasteiger partial charge in [-0.15, -0.1) is 0 Å². The van der Waals surface area contributed by atoms with Crippen LogP contribution in [0.2, 0.25) is 0 Å². The molecule has 4 N–H and O–H groups in total. The predicted octanol–water partition coefficient (Wildman–Crippen LogP) is -3.46. The highest BCUT2D eigenvalue weighted by molar-refractivity contribution is 7.97. The van der Waals surface area contributed by atoms with Gasteiger partial charge in [0.1, 0.15) is 29.8 Å². The van der Waals surface area contributed by atoms with E-state index in [4.69, 9.17) is 5.11 Å². The van der Waals surface area contributed by atoms with Crippen LogP contribution in [-0.4, -0.2) is 81.7 Å². The van der Waals surface area contributed by atoms with Crippen LogP contribution >= 0.6 is 0 Å². The molecule has 0 bridgehead atoms. The van der Waals surface area contributed by atoms with Gasteiger partial charge >= 0.3 is 0 Å². The zero-order valence-corrected chi connectivity index (χ0v) is 11.0. The molecule has 0 aromatic carbocycles. The minimum Gasteiger partial charge on any atom is -0.726 e. The Morgan fingerprint density at radius 3 is 2.56 bits per heavy atom. The summed E-state index contributed by atoms with van der Waals surface area (Å²) in [6.45, 7) is -1.01. The van der Waals surface area contributed by atoms with Gasteiger partial charge in [0, 0.05) is 10.9 Å². The van der Waals surface area contributed by atoms with Gasteiger partial charge in [0.05, 0.1) is 13.2 Å². The normalized spacial score (nSPS) is 34.7. The van der Waals surface area contributed by atoms with Gasteiger partial charge in [0.15, 0.2) is 5.25 Å². The van der Waals surface area contributed by atoms with Crippen LogP contribution in [0.1, 0.15) is 0 Å². The maximum absolute atomic E-state index is 10.2. The van der Waals surface area contributed by atoms with Crippen LogP contribution in [0.25, 0.3) is 0 Å². The van der Waals surface area contributed by atoms with E-state index in [-0.39, 0.29) is 18.1 Å². The van der Waals surface area contributed by atoms with Gasteiger partial charge in [-0.05, 0) is 0 Å². The zero-order valence-electron chi connectivity index (χ0n) is 9.38. The van der Waals surface area contributed by atoms with E-state index in [1.165, 1.54) is 0 Å². The van der Waals surface area contributed by atoms with Crippen molar-refractivity contribution in [2.45, 2.75) is 23.6 Å². The van der Waals surface area contributed by atoms with Gasteiger partial charge in [-0.1, -0.05) is 0 Å². The van der Waals surface area contributed by atoms with Crippen molar-refractivity contribution in [3.05, 3.63) is 0 Å². The van der Waals surface area contributed by atoms with E-state index in [2.05, 4.69) is 4.18 Å². The predicted molar refractivity (Wildman–Crippen MR) is 61.6 cm³/mol. The molecule has 0 saturated carbocycles. The summed E-state index contributed by atoms with van der Waals surface area (Å²) in [5.41, 5.74) is 0. The van der Waals surface area contributed by atoms with E-state index >= 15 is 0 Å². The van der Waals surface area contributed by atoms with Gasteiger partial charge < -0.3 is 25.0 Å². The summed E-state index contributed by atoms with van der Waals surface area (Å²) >= 11 is 0. The molecule has 108 valence electrons. The molecular weight excluding hydrogens is 288 g/mol. The Labute approximate surface area is 108 Å². The molecule has 18 heavy (non-hydrogen) atoms. The first-order valence-electron chi connectivity index (χ1n) is 5.16. The van der Waals surface area contributed by atoms with Crippen molar-refractivity contribution in [1.82, 2.24) is 0 Å². The quantitative estimate of drug-likeness (QED) is 0.225. The van der Waals surface area contributed by atoms with Crippen LogP contribution in [0.5, 0.6) is 0 Å². The Kier molecular flexibility index (Phi) is 5.80. The first-order valence-corrected chi connectivity index (χ1v) is 8.12. The van der Waals surface area contributed by atoms with Crippen LogP contribution in [0, 0.1) is 0 Å². The molecule has 5 atom stereocenters. The van der Waals surface area contributed by atoms with Crippen LogP contribution in [0.4, 0.5) is 0 Å². The highest BCUT2D eigenvalue weighted by Gasteiger charge is 2.49. The summed E-state index contributed by atoms with van der Waals surface area (Å²) in [5.74, 6) is 0.266. The topological polar surface area (TPSA) is 147 Å². The number of aliphatic hydroxyl groups is 4. The van der Waals surface area contributed by atoms with E-state index in [1.807, 2.05) is 0 Å². The van der Waals surface area contributed by atoms with Crippen molar-refractivity contribution in [3.63, 3.8) is 0 Å². The summed E-state index contributed by atoms with van der Waals surface area (Å²) in [6.07, 6.45) is -3.24. The van der Waals surface area contributed by atoms with Crippen LogP contribution in [0.3, 0.4) is 0 Å². The summed E-state index contributed by atoms with van der Waals surface area (Å²) < 4.78 is 34.5. The van der Waals surface area contributed by atoms with Gasteiger partial charge in [-0.25, -0.2) is 8.42 Å². The molecule has 1 aliphatic rings. The fraction of sp³-hybridized carbons (Fsp3) is 1.00. The maximum atomic E-state index is 10.2. The van der Waals surface area contributed by atoms with E-state index in [1.54, 1.807) is 0 Å². The van der Waals surface area contributed by atoms with Gasteiger partial charge in [0.25, 0.3) is 0 Å². The minimum absolute atomic E-state index is 0.0505. The molecule has 1 heterocycles. The monoisotopic (exact) mass is 304 g/mol. The second-order valence-electron chi connectivity index (χ2n) is 4.00. The molecule has 8 nitrogen and oxygen atoms in total. The van der Waals surface area contributed by atoms with E-state index < -0.39 is 51.5 Å². The molecule has 0 aromatic rings. The second kappa shape index (κ2) is 6.48. The lowest BCUT2D eigenvalue weighted by Crippen LogP contribution is -2.37. The van der Waals surface area contributed by atoms with Crippen LogP contribution < -0.4 is 0 Å². The first kappa shape index (κ1) is 16.1. The molecule has 0 spiro atoms. The average Bonchev–Trinajstić information content (AvgIpc) is 2.50. The molecule has 0 aromatic heterocycles. The molecule has 0 radical (unpaired) electrons. The third-order valence-corrected chi connectivity index (χ3v) is 5.87. The first-order chi connectivity index (χ1) is 8.24. The Balaban J connectivity index is 2.46. The highest BCUT2D eigenvalue weighted by Crippen LogP contribution is 2.24. The smallest absolute Gasteiger partial charge is 0.217 e. The lowest BCUT2D eigenvalue weighted by atomic mass is 10.2. The number of aliphatic hydroxyl groups excluding tert-OH is 4. The van der Waals surface area contributed by atoms with E-state index in [0.717, 1.165) is 0 Å². The lowest BCUT2D eigenvalue weighted by Gasteiger charge is -2.15. The summed E-state index contributed by atoms with van der Waals surface area (Å²) in [6, 6.07) is 0. The minimum atomic E-state index is -4.85. The maximum Gasteiger partial charge on any atom is 0.217 e. The molecule has 1 aliphatic heterocycles. The average molecular weight is 304 g/mol. The van der Waals surface area contributed by atoms with Crippen LogP contribution in [-0.2, 0) is 25.5 Å². The van der Waals surface area contributed by atoms with Gasteiger partial charge in [0.2, 0.25) is 10.4 Å². The molecule has 1 rings (SSSR count). The van der Waals surface area contributed by atoms with Crippen molar-refractivity contribution in [2.24, 2.45) is 0 Å². The lowest BCUT2D eigenvalue weighted by molar-refractivity contribution is 0.0325.